The van der Waals surface area contributed by atoms with Crippen molar-refractivity contribution in [2.24, 2.45) is 4.99 Å². The molecule has 0 aromatic heterocycles. The molecule has 0 aliphatic carbocycles. The molecule has 0 radical (unpaired) electrons. The Balaban J connectivity index is 2.44. The van der Waals surface area contributed by atoms with Crippen molar-refractivity contribution in [3.8, 4) is 5.75 Å². The molecule has 7 heteroatoms. The number of rotatable bonds is 8. The Bertz CT molecular complexity index is 532. The zero-order chi connectivity index (χ0) is 17.1. The van der Waals surface area contributed by atoms with Gasteiger partial charge in [-0.2, -0.15) is 0 Å². The molecule has 1 aromatic carbocycles. The number of benzene rings is 1. The van der Waals surface area contributed by atoms with Gasteiger partial charge in [-0.1, -0.05) is 12.1 Å². The van der Waals surface area contributed by atoms with Crippen LogP contribution in [-0.2, 0) is 16.1 Å². The van der Waals surface area contributed by atoms with Gasteiger partial charge in [0.2, 0.25) is 5.91 Å². The van der Waals surface area contributed by atoms with Crippen molar-refractivity contribution in [1.29, 1.82) is 0 Å². The summed E-state index contributed by atoms with van der Waals surface area (Å²) in [6.45, 7) is 3.70. The summed E-state index contributed by atoms with van der Waals surface area (Å²) >= 11 is 0. The SMILES string of the molecule is CN=C(NCC(=O)NCCOC)NCc1ccc(C)cc1OC. The minimum absolute atomic E-state index is 0.113. The Morgan fingerprint density at radius 1 is 1.22 bits per heavy atom. The maximum atomic E-state index is 11.6. The number of methoxy groups -OCH3 is 2. The summed E-state index contributed by atoms with van der Waals surface area (Å²) in [7, 11) is 4.90. The van der Waals surface area contributed by atoms with Crippen LogP contribution in [-0.4, -0.2) is 52.8 Å². The van der Waals surface area contributed by atoms with E-state index in [1.165, 1.54) is 0 Å². The summed E-state index contributed by atoms with van der Waals surface area (Å²) in [6.07, 6.45) is 0. The van der Waals surface area contributed by atoms with E-state index in [1.807, 2.05) is 25.1 Å². The van der Waals surface area contributed by atoms with Crippen LogP contribution in [0.1, 0.15) is 11.1 Å². The lowest BCUT2D eigenvalue weighted by Crippen LogP contribution is -2.43. The first-order valence-corrected chi connectivity index (χ1v) is 7.44. The number of aryl methyl sites for hydroxylation is 1. The molecule has 0 aliphatic heterocycles. The predicted octanol–water partition coefficient (Wildman–Crippen LogP) is 0.431. The van der Waals surface area contributed by atoms with Crippen LogP contribution in [0.25, 0.3) is 0 Å². The van der Waals surface area contributed by atoms with Gasteiger partial charge in [0.05, 0.1) is 20.3 Å². The number of aliphatic imine (C=N–C) groups is 1. The lowest BCUT2D eigenvalue weighted by molar-refractivity contribution is -0.120. The van der Waals surface area contributed by atoms with Crippen LogP contribution >= 0.6 is 0 Å². The average molecular weight is 322 g/mol. The van der Waals surface area contributed by atoms with E-state index in [4.69, 9.17) is 9.47 Å². The van der Waals surface area contributed by atoms with Crippen molar-refractivity contribution < 1.29 is 14.3 Å². The molecule has 0 saturated carbocycles. The van der Waals surface area contributed by atoms with Gasteiger partial charge in [0.15, 0.2) is 5.96 Å². The maximum Gasteiger partial charge on any atom is 0.239 e. The molecule has 1 amide bonds. The Morgan fingerprint density at radius 2 is 2.00 bits per heavy atom. The van der Waals surface area contributed by atoms with E-state index < -0.39 is 0 Å². The molecular formula is C16H26N4O3. The molecule has 7 nitrogen and oxygen atoms in total. The van der Waals surface area contributed by atoms with E-state index in [0.717, 1.165) is 16.9 Å². The van der Waals surface area contributed by atoms with Gasteiger partial charge in [-0.25, -0.2) is 0 Å². The van der Waals surface area contributed by atoms with Crippen molar-refractivity contribution >= 4 is 11.9 Å². The summed E-state index contributed by atoms with van der Waals surface area (Å²) in [5.41, 5.74) is 2.16. The zero-order valence-corrected chi connectivity index (χ0v) is 14.2. The van der Waals surface area contributed by atoms with Crippen molar-refractivity contribution in [3.05, 3.63) is 29.3 Å². The van der Waals surface area contributed by atoms with Gasteiger partial charge in [-0.05, 0) is 18.6 Å². The Kier molecular flexibility index (Phi) is 8.52. The van der Waals surface area contributed by atoms with Gasteiger partial charge in [0.1, 0.15) is 5.75 Å². The number of nitrogens with one attached hydrogen (secondary N) is 3. The number of carbonyl (C=O) groups excluding carboxylic acids is 1. The highest BCUT2D eigenvalue weighted by atomic mass is 16.5. The fourth-order valence-corrected chi connectivity index (χ4v) is 1.92. The molecule has 1 aromatic rings. The van der Waals surface area contributed by atoms with Crippen LogP contribution < -0.4 is 20.7 Å². The Labute approximate surface area is 137 Å². The largest absolute Gasteiger partial charge is 0.496 e. The summed E-state index contributed by atoms with van der Waals surface area (Å²) in [4.78, 5) is 15.7. The number of nitrogens with zero attached hydrogens (tertiary/aromatic N) is 1. The second-order valence-electron chi connectivity index (χ2n) is 4.94. The second kappa shape index (κ2) is 10.4. The monoisotopic (exact) mass is 322 g/mol. The predicted molar refractivity (Wildman–Crippen MR) is 90.8 cm³/mol. The number of ether oxygens (including phenoxy) is 2. The minimum atomic E-state index is -0.113. The zero-order valence-electron chi connectivity index (χ0n) is 14.2. The first-order chi connectivity index (χ1) is 11.1. The average Bonchev–Trinajstić information content (AvgIpc) is 2.56. The highest BCUT2D eigenvalue weighted by Crippen LogP contribution is 2.19. The van der Waals surface area contributed by atoms with Gasteiger partial charge in [0, 0.05) is 32.8 Å². The second-order valence-corrected chi connectivity index (χ2v) is 4.94. The first-order valence-electron chi connectivity index (χ1n) is 7.44. The van der Waals surface area contributed by atoms with Gasteiger partial charge in [-0.3, -0.25) is 9.79 Å². The van der Waals surface area contributed by atoms with E-state index >= 15 is 0 Å². The van der Waals surface area contributed by atoms with Crippen molar-refractivity contribution in [2.45, 2.75) is 13.5 Å². The molecule has 1 rings (SSSR count). The Hall–Kier alpha value is -2.28. The summed E-state index contributed by atoms with van der Waals surface area (Å²) in [5.74, 6) is 1.26. The fourth-order valence-electron chi connectivity index (χ4n) is 1.92. The minimum Gasteiger partial charge on any atom is -0.496 e. The lowest BCUT2D eigenvalue weighted by Gasteiger charge is -2.14. The van der Waals surface area contributed by atoms with Gasteiger partial charge < -0.3 is 25.4 Å². The summed E-state index contributed by atoms with van der Waals surface area (Å²) in [5, 5.41) is 8.85. The standard InChI is InChI=1S/C16H26N4O3/c1-12-5-6-13(14(9-12)23-4)10-19-16(17-2)20-11-15(21)18-7-8-22-3/h5-6,9H,7-8,10-11H2,1-4H3,(H,18,21)(H2,17,19,20). The molecule has 128 valence electrons. The molecule has 0 fully saturated rings. The smallest absolute Gasteiger partial charge is 0.239 e. The molecule has 0 spiro atoms. The van der Waals surface area contributed by atoms with Crippen LogP contribution in [0, 0.1) is 6.92 Å². The van der Waals surface area contributed by atoms with E-state index in [2.05, 4.69) is 20.9 Å². The topological polar surface area (TPSA) is 84.0 Å². The lowest BCUT2D eigenvalue weighted by atomic mass is 10.1. The summed E-state index contributed by atoms with van der Waals surface area (Å²) < 4.78 is 10.2. The van der Waals surface area contributed by atoms with Crippen molar-refractivity contribution in [2.75, 3.05) is 41.0 Å². The van der Waals surface area contributed by atoms with Gasteiger partial charge >= 0.3 is 0 Å². The van der Waals surface area contributed by atoms with Crippen LogP contribution in [0.2, 0.25) is 0 Å². The number of guanidine groups is 1. The third kappa shape index (κ3) is 7.01. The highest BCUT2D eigenvalue weighted by Gasteiger charge is 2.06. The molecule has 0 atom stereocenters. The molecular weight excluding hydrogens is 296 g/mol. The maximum absolute atomic E-state index is 11.6. The van der Waals surface area contributed by atoms with Gasteiger partial charge in [0.25, 0.3) is 0 Å². The number of amides is 1. The molecule has 0 unspecified atom stereocenters. The Morgan fingerprint density at radius 3 is 2.65 bits per heavy atom. The highest BCUT2D eigenvalue weighted by molar-refractivity contribution is 5.86. The van der Waals surface area contributed by atoms with Crippen LogP contribution in [0.4, 0.5) is 0 Å². The molecule has 23 heavy (non-hydrogen) atoms. The van der Waals surface area contributed by atoms with Crippen molar-refractivity contribution in [3.63, 3.8) is 0 Å². The first kappa shape index (κ1) is 18.8. The normalized spacial score (nSPS) is 11.0. The van der Waals surface area contributed by atoms with E-state index in [1.54, 1.807) is 21.3 Å². The van der Waals surface area contributed by atoms with Crippen molar-refractivity contribution in [1.82, 2.24) is 16.0 Å². The van der Waals surface area contributed by atoms with E-state index in [-0.39, 0.29) is 12.5 Å². The quantitative estimate of drug-likeness (QED) is 0.367. The third-order valence-electron chi connectivity index (χ3n) is 3.16. The van der Waals surface area contributed by atoms with Crippen LogP contribution in [0.15, 0.2) is 23.2 Å². The third-order valence-corrected chi connectivity index (χ3v) is 3.16. The summed E-state index contributed by atoms with van der Waals surface area (Å²) in [6, 6.07) is 6.02. The van der Waals surface area contributed by atoms with Crippen LogP contribution in [0.5, 0.6) is 5.75 Å². The molecule has 3 N–H and O–H groups in total. The number of carbonyl (C=O) groups is 1. The van der Waals surface area contributed by atoms with Gasteiger partial charge in [-0.15, -0.1) is 0 Å². The fraction of sp³-hybridized carbons (Fsp3) is 0.500. The number of hydrogen-bond donors (Lipinski definition) is 3. The van der Waals surface area contributed by atoms with E-state index in [0.29, 0.717) is 25.7 Å². The molecule has 0 aliphatic rings. The molecule has 0 saturated heterocycles. The molecule has 0 heterocycles. The number of hydrogen-bond acceptors (Lipinski definition) is 4. The van der Waals surface area contributed by atoms with Crippen LogP contribution in [0.3, 0.4) is 0 Å². The van der Waals surface area contributed by atoms with E-state index in [9.17, 15) is 4.79 Å². The molecule has 0 bridgehead atoms.